The van der Waals surface area contributed by atoms with Crippen LogP contribution in [0.4, 0.5) is 0 Å². The molecule has 0 N–H and O–H groups in total. The fourth-order valence-electron chi connectivity index (χ4n) is 0. The van der Waals surface area contributed by atoms with Crippen LogP contribution in [-0.4, -0.2) is 11.0 Å². The quantitative estimate of drug-likeness (QED) is 0.209. The van der Waals surface area contributed by atoms with Crippen LogP contribution in [0.25, 0.3) is 0 Å². The molecule has 0 atom stereocenters. The van der Waals surface area contributed by atoms with Gasteiger partial charge < -0.3 is 0 Å². The van der Waals surface area contributed by atoms with Crippen LogP contribution in [0.2, 0.25) is 0 Å². The van der Waals surface area contributed by atoms with Gasteiger partial charge >= 0.3 is 18.9 Å². The van der Waals surface area contributed by atoms with Crippen molar-refractivity contribution >= 4 is 0 Å². The molecule has 0 saturated carbocycles. The Labute approximate surface area is 54.4 Å². The minimum Gasteiger partial charge on any atom is -0.264 e. The van der Waals surface area contributed by atoms with E-state index in [0.29, 0.717) is 0 Å². The Hall–Kier alpha value is -0.00260. The third kappa shape index (κ3) is 6.00. The Bertz CT molecular complexity index is 64.0. The Morgan fingerprint density at radius 2 is 1.71 bits per heavy atom. The van der Waals surface area contributed by atoms with Gasteiger partial charge in [0.1, 0.15) is 0 Å². The molecule has 0 amide bonds. The molecule has 0 bridgehead atoms. The Morgan fingerprint density at radius 3 is 1.71 bits per heavy atom. The van der Waals surface area contributed by atoms with Crippen molar-refractivity contribution in [2.75, 3.05) is 0 Å². The van der Waals surface area contributed by atoms with Crippen molar-refractivity contribution in [2.45, 2.75) is 19.9 Å². The summed E-state index contributed by atoms with van der Waals surface area (Å²) >= 11 is 0. The molecule has 0 aromatic rings. The van der Waals surface area contributed by atoms with E-state index in [9.17, 15) is 10.1 Å². The van der Waals surface area contributed by atoms with Gasteiger partial charge in [-0.2, -0.15) is 0 Å². The number of nitro groups is 1. The Balaban J connectivity index is 0. The van der Waals surface area contributed by atoms with E-state index in [1.54, 1.807) is 13.8 Å². The Kier molecular flexibility index (Phi) is 6.00. The minimum atomic E-state index is -0.426. The van der Waals surface area contributed by atoms with Crippen LogP contribution in [-0.2, 0) is 0 Å². The van der Waals surface area contributed by atoms with Crippen molar-refractivity contribution in [1.29, 1.82) is 0 Å². The second-order valence-corrected chi connectivity index (χ2v) is 1.38. The van der Waals surface area contributed by atoms with Gasteiger partial charge in [-0.05, 0) is 0 Å². The molecule has 7 heavy (non-hydrogen) atoms. The number of hydrogen-bond donors (Lipinski definition) is 0. The molecule has 0 saturated heterocycles. The van der Waals surface area contributed by atoms with E-state index < -0.39 is 6.04 Å². The maximum absolute atomic E-state index is 9.50. The summed E-state index contributed by atoms with van der Waals surface area (Å²) in [6, 6.07) is -0.426. The largest absolute Gasteiger partial charge is 1.00 e. The number of hydrogen-bond acceptors (Lipinski definition) is 2. The van der Waals surface area contributed by atoms with Gasteiger partial charge in [0.05, 0.1) is 0 Å². The van der Waals surface area contributed by atoms with Crippen molar-refractivity contribution < 1.29 is 23.8 Å². The summed E-state index contributed by atoms with van der Waals surface area (Å²) in [4.78, 5) is 9.17. The molecule has 0 heterocycles. The molecular weight excluding hydrogens is 89.0 g/mol. The van der Waals surface area contributed by atoms with Crippen LogP contribution in [0, 0.1) is 10.1 Å². The molecule has 36 valence electrons. The second-order valence-electron chi connectivity index (χ2n) is 1.38. The average Bonchev–Trinajstić information content (AvgIpc) is 1.36. The van der Waals surface area contributed by atoms with Gasteiger partial charge in [0, 0.05) is 18.8 Å². The van der Waals surface area contributed by atoms with Gasteiger partial charge in [0.15, 0.2) is 0 Å². The van der Waals surface area contributed by atoms with Crippen molar-refractivity contribution in [3.05, 3.63) is 10.1 Å². The van der Waals surface area contributed by atoms with Crippen LogP contribution in [0.1, 0.15) is 13.8 Å². The fraction of sp³-hybridized carbons (Fsp3) is 1.00. The summed E-state index contributed by atoms with van der Waals surface area (Å²) in [7, 11) is 0. The number of nitrogens with zero attached hydrogens (tertiary/aromatic N) is 1. The van der Waals surface area contributed by atoms with Crippen LogP contribution >= 0.6 is 0 Å². The maximum atomic E-state index is 9.50. The predicted octanol–water partition coefficient (Wildman–Crippen LogP) is -2.32. The van der Waals surface area contributed by atoms with E-state index in [2.05, 4.69) is 0 Å². The third-order valence-corrected chi connectivity index (χ3v) is 0.422. The van der Waals surface area contributed by atoms with Gasteiger partial charge in [-0.15, -0.1) is 0 Å². The first-order valence-corrected chi connectivity index (χ1v) is 1.78. The third-order valence-electron chi connectivity index (χ3n) is 0.422. The predicted molar refractivity (Wildman–Crippen MR) is 22.1 cm³/mol. The zero-order valence-electron chi connectivity index (χ0n) is 4.84. The van der Waals surface area contributed by atoms with Crippen LogP contribution in [0.15, 0.2) is 0 Å². The minimum absolute atomic E-state index is 0. The van der Waals surface area contributed by atoms with Crippen molar-refractivity contribution in [1.82, 2.24) is 0 Å². The zero-order valence-corrected chi connectivity index (χ0v) is 4.84. The van der Waals surface area contributed by atoms with E-state index >= 15 is 0 Å². The summed E-state index contributed by atoms with van der Waals surface area (Å²) in [6.07, 6.45) is 0. The molecule has 4 heteroatoms. The monoisotopic (exact) mass is 96.1 g/mol. The molecule has 0 aromatic carbocycles. The summed E-state index contributed by atoms with van der Waals surface area (Å²) in [5, 5.41) is 9.50. The molecule has 0 fully saturated rings. The molecule has 0 aliphatic rings. The average molecular weight is 96.0 g/mol. The van der Waals surface area contributed by atoms with E-state index in [1.165, 1.54) is 0 Å². The van der Waals surface area contributed by atoms with Gasteiger partial charge in [0.25, 0.3) is 0 Å². The summed E-state index contributed by atoms with van der Waals surface area (Å²) in [5.74, 6) is 0. The van der Waals surface area contributed by atoms with Gasteiger partial charge in [-0.1, -0.05) is 0 Å². The van der Waals surface area contributed by atoms with E-state index in [4.69, 9.17) is 0 Å². The first-order chi connectivity index (χ1) is 2.64. The van der Waals surface area contributed by atoms with E-state index in [0.717, 1.165) is 0 Å². The van der Waals surface area contributed by atoms with Crippen LogP contribution in [0.3, 0.4) is 0 Å². The Morgan fingerprint density at radius 1 is 1.57 bits per heavy atom. The van der Waals surface area contributed by atoms with Crippen molar-refractivity contribution in [3.63, 3.8) is 0 Å². The van der Waals surface area contributed by atoms with E-state index in [-0.39, 0.29) is 23.8 Å². The number of rotatable bonds is 1. The molecule has 0 aliphatic heterocycles. The molecule has 0 aromatic heterocycles. The first-order valence-electron chi connectivity index (χ1n) is 1.78. The summed E-state index contributed by atoms with van der Waals surface area (Å²) < 4.78 is 0. The van der Waals surface area contributed by atoms with Gasteiger partial charge in [0.2, 0.25) is 6.04 Å². The molecule has 0 unspecified atom stereocenters. The zero-order chi connectivity index (χ0) is 5.15. The van der Waals surface area contributed by atoms with E-state index in [1.807, 2.05) is 0 Å². The molecular formula is C3H7LiNO2+. The maximum Gasteiger partial charge on any atom is 1.00 e. The van der Waals surface area contributed by atoms with Crippen molar-refractivity contribution in [2.24, 2.45) is 0 Å². The topological polar surface area (TPSA) is 43.1 Å². The molecule has 3 nitrogen and oxygen atoms in total. The normalized spacial score (nSPS) is 7.86. The van der Waals surface area contributed by atoms with Gasteiger partial charge in [-0.25, -0.2) is 0 Å². The molecule has 0 spiro atoms. The first kappa shape index (κ1) is 10.1. The molecule has 0 aliphatic carbocycles. The van der Waals surface area contributed by atoms with Gasteiger partial charge in [-0.3, -0.25) is 10.1 Å². The fourth-order valence-corrected chi connectivity index (χ4v) is 0. The molecule has 0 rings (SSSR count). The summed E-state index contributed by atoms with van der Waals surface area (Å²) in [6.45, 7) is 3.08. The van der Waals surface area contributed by atoms with Crippen LogP contribution < -0.4 is 18.9 Å². The summed E-state index contributed by atoms with van der Waals surface area (Å²) in [5.41, 5.74) is 0. The smallest absolute Gasteiger partial charge is 0.264 e. The second kappa shape index (κ2) is 4.16. The standard InChI is InChI=1S/C3H7NO2.Li/c1-3(2)4(5)6;/h3H,1-2H3;/q;+1. The SMILES string of the molecule is CC(C)[N+](=O)[O-].[Li+]. The molecule has 0 radical (unpaired) electrons. The van der Waals surface area contributed by atoms with Crippen molar-refractivity contribution in [3.8, 4) is 0 Å². The van der Waals surface area contributed by atoms with Crippen LogP contribution in [0.5, 0.6) is 0 Å².